The van der Waals surface area contributed by atoms with Gasteiger partial charge in [0, 0.05) is 15.1 Å². The van der Waals surface area contributed by atoms with E-state index in [2.05, 4.69) is 62.1 Å². The Bertz CT molecular complexity index is 396. The number of hydrogen-bond acceptors (Lipinski definition) is 2. The number of nitrogens with zero attached hydrogens (tertiary/aromatic N) is 1. The number of nitrogens with one attached hydrogen (secondary N) is 1. The van der Waals surface area contributed by atoms with Gasteiger partial charge in [0.1, 0.15) is 0 Å². The van der Waals surface area contributed by atoms with E-state index in [4.69, 9.17) is 0 Å². The number of halogens is 2. The zero-order valence-electron chi connectivity index (χ0n) is 13.3. The Morgan fingerprint density at radius 3 is 2.33 bits per heavy atom. The van der Waals surface area contributed by atoms with Gasteiger partial charge in [0.05, 0.1) is 11.7 Å². The van der Waals surface area contributed by atoms with Crippen LogP contribution in [-0.4, -0.2) is 11.5 Å². The molecule has 0 saturated heterocycles. The van der Waals surface area contributed by atoms with Gasteiger partial charge in [0.15, 0.2) is 0 Å². The van der Waals surface area contributed by atoms with Crippen LogP contribution < -0.4 is 5.32 Å². The normalized spacial score (nSPS) is 12.6. The smallest absolute Gasteiger partial charge is 0.0715 e. The summed E-state index contributed by atoms with van der Waals surface area (Å²) in [6.07, 6.45) is 12.5. The summed E-state index contributed by atoms with van der Waals surface area (Å²) in [5.74, 6) is 0. The second-order valence-corrected chi connectivity index (χ2v) is 7.31. The van der Waals surface area contributed by atoms with E-state index in [9.17, 15) is 0 Å². The van der Waals surface area contributed by atoms with Crippen LogP contribution in [0, 0.1) is 0 Å². The topological polar surface area (TPSA) is 24.9 Å². The fourth-order valence-corrected chi connectivity index (χ4v) is 3.83. The van der Waals surface area contributed by atoms with Crippen molar-refractivity contribution in [2.24, 2.45) is 0 Å². The summed E-state index contributed by atoms with van der Waals surface area (Å²) in [4.78, 5) is 4.58. The molecule has 0 fully saturated rings. The number of hydrogen-bond donors (Lipinski definition) is 1. The van der Waals surface area contributed by atoms with Crippen molar-refractivity contribution in [2.45, 2.75) is 71.3 Å². The van der Waals surface area contributed by atoms with Crippen LogP contribution in [-0.2, 0) is 0 Å². The third kappa shape index (κ3) is 7.75. The predicted octanol–water partition coefficient (Wildman–Crippen LogP) is 6.40. The molecule has 1 aromatic heterocycles. The third-order valence-corrected chi connectivity index (χ3v) is 4.78. The monoisotopic (exact) mass is 418 g/mol. The summed E-state index contributed by atoms with van der Waals surface area (Å²) < 4.78 is 2.11. The molecule has 1 rings (SSSR count). The second-order valence-electron chi connectivity index (χ2n) is 5.54. The molecule has 120 valence electrons. The first-order valence-corrected chi connectivity index (χ1v) is 9.82. The maximum absolute atomic E-state index is 4.58. The summed E-state index contributed by atoms with van der Waals surface area (Å²) >= 11 is 7.10. The Labute approximate surface area is 146 Å². The van der Waals surface area contributed by atoms with Gasteiger partial charge in [-0.2, -0.15) is 0 Å². The minimum absolute atomic E-state index is 0.355. The average Bonchev–Trinajstić information content (AvgIpc) is 2.45. The average molecular weight is 420 g/mol. The molecule has 1 atom stereocenters. The van der Waals surface area contributed by atoms with Gasteiger partial charge < -0.3 is 5.32 Å². The summed E-state index contributed by atoms with van der Waals surface area (Å²) in [5, 5.41) is 3.56. The zero-order chi connectivity index (χ0) is 15.5. The van der Waals surface area contributed by atoms with E-state index < -0.39 is 0 Å². The molecule has 1 N–H and O–H groups in total. The van der Waals surface area contributed by atoms with E-state index in [1.54, 1.807) is 0 Å². The van der Waals surface area contributed by atoms with Crippen LogP contribution in [0.15, 0.2) is 21.2 Å². The molecule has 0 amide bonds. The number of unbranched alkanes of at least 4 members (excludes halogenated alkanes) is 6. The Morgan fingerprint density at radius 2 is 1.71 bits per heavy atom. The van der Waals surface area contributed by atoms with Gasteiger partial charge in [-0.05, 0) is 50.9 Å². The maximum Gasteiger partial charge on any atom is 0.0715 e. The summed E-state index contributed by atoms with van der Waals surface area (Å²) in [5.41, 5.74) is 1.13. The minimum atomic E-state index is 0.355. The van der Waals surface area contributed by atoms with Crippen LogP contribution in [0.1, 0.15) is 76.9 Å². The molecular weight excluding hydrogens is 392 g/mol. The zero-order valence-corrected chi connectivity index (χ0v) is 16.5. The van der Waals surface area contributed by atoms with Crippen molar-refractivity contribution in [3.8, 4) is 0 Å². The van der Waals surface area contributed by atoms with E-state index in [-0.39, 0.29) is 0 Å². The van der Waals surface area contributed by atoms with Crippen LogP contribution in [0.2, 0.25) is 0 Å². The van der Waals surface area contributed by atoms with Gasteiger partial charge >= 0.3 is 0 Å². The number of pyridine rings is 1. The highest BCUT2D eigenvalue weighted by atomic mass is 79.9. The van der Waals surface area contributed by atoms with Crippen LogP contribution in [0.4, 0.5) is 0 Å². The van der Waals surface area contributed by atoms with E-state index >= 15 is 0 Å². The van der Waals surface area contributed by atoms with E-state index in [0.29, 0.717) is 6.04 Å². The van der Waals surface area contributed by atoms with Gasteiger partial charge in [0.25, 0.3) is 0 Å². The molecule has 0 saturated carbocycles. The third-order valence-electron chi connectivity index (χ3n) is 3.71. The fraction of sp³-hybridized carbons (Fsp3) is 0.706. The van der Waals surface area contributed by atoms with Crippen LogP contribution in [0.25, 0.3) is 0 Å². The van der Waals surface area contributed by atoms with Gasteiger partial charge in [0.2, 0.25) is 0 Å². The van der Waals surface area contributed by atoms with Crippen molar-refractivity contribution >= 4 is 31.9 Å². The van der Waals surface area contributed by atoms with Crippen LogP contribution >= 0.6 is 31.9 Å². The Hall–Kier alpha value is 0.0700. The molecule has 1 unspecified atom stereocenters. The number of aromatic nitrogens is 1. The molecule has 1 heterocycles. The van der Waals surface area contributed by atoms with Gasteiger partial charge in [-0.25, -0.2) is 0 Å². The predicted molar refractivity (Wildman–Crippen MR) is 98.7 cm³/mol. The summed E-state index contributed by atoms with van der Waals surface area (Å²) in [7, 11) is 0. The van der Waals surface area contributed by atoms with Gasteiger partial charge in [-0.3, -0.25) is 4.98 Å². The highest BCUT2D eigenvalue weighted by Crippen LogP contribution is 2.27. The molecule has 1 aromatic rings. The van der Waals surface area contributed by atoms with Crippen molar-refractivity contribution in [3.05, 3.63) is 26.9 Å². The number of rotatable bonds is 11. The van der Waals surface area contributed by atoms with Crippen molar-refractivity contribution in [1.82, 2.24) is 10.3 Å². The molecule has 0 aliphatic rings. The lowest BCUT2D eigenvalue weighted by atomic mass is 10.0. The molecule has 0 bridgehead atoms. The van der Waals surface area contributed by atoms with Crippen molar-refractivity contribution in [1.29, 1.82) is 0 Å². The molecule has 0 aromatic carbocycles. The SMILES string of the molecule is CCCCCCCCCC(NCC)c1ncc(Br)cc1Br. The summed E-state index contributed by atoms with van der Waals surface area (Å²) in [6.45, 7) is 5.40. The largest absolute Gasteiger partial charge is 0.309 e. The standard InChI is InChI=1S/C17H28Br2N2/c1-3-5-6-7-8-9-10-11-16(20-4-2)17-15(19)12-14(18)13-21-17/h12-13,16,20H,3-11H2,1-2H3. The van der Waals surface area contributed by atoms with E-state index in [1.165, 1.54) is 44.9 Å². The van der Waals surface area contributed by atoms with Gasteiger partial charge in [-0.15, -0.1) is 0 Å². The lowest BCUT2D eigenvalue weighted by molar-refractivity contribution is 0.466. The summed E-state index contributed by atoms with van der Waals surface area (Å²) in [6, 6.07) is 2.44. The second kappa shape index (κ2) is 11.6. The quantitative estimate of drug-likeness (QED) is 0.419. The molecule has 4 heteroatoms. The fourth-order valence-electron chi connectivity index (χ4n) is 2.57. The van der Waals surface area contributed by atoms with Crippen molar-refractivity contribution in [3.63, 3.8) is 0 Å². The Kier molecular flexibility index (Phi) is 10.6. The highest BCUT2D eigenvalue weighted by molar-refractivity contribution is 9.11. The molecule has 0 aliphatic heterocycles. The van der Waals surface area contributed by atoms with Gasteiger partial charge in [-0.1, -0.05) is 58.8 Å². The first-order chi connectivity index (χ1) is 10.2. The molecular formula is C17H28Br2N2. The first-order valence-electron chi connectivity index (χ1n) is 8.23. The van der Waals surface area contributed by atoms with E-state index in [0.717, 1.165) is 27.6 Å². The van der Waals surface area contributed by atoms with Crippen LogP contribution in [0.3, 0.4) is 0 Å². The van der Waals surface area contributed by atoms with Crippen molar-refractivity contribution in [2.75, 3.05) is 6.54 Å². The Morgan fingerprint density at radius 1 is 1.05 bits per heavy atom. The molecule has 0 aliphatic carbocycles. The Balaban J connectivity index is 2.39. The highest BCUT2D eigenvalue weighted by Gasteiger charge is 2.15. The molecule has 0 radical (unpaired) electrons. The molecule has 0 spiro atoms. The first kappa shape index (κ1) is 19.1. The lowest BCUT2D eigenvalue weighted by Gasteiger charge is -2.18. The lowest BCUT2D eigenvalue weighted by Crippen LogP contribution is -2.22. The van der Waals surface area contributed by atoms with Crippen LogP contribution in [0.5, 0.6) is 0 Å². The van der Waals surface area contributed by atoms with E-state index in [1.807, 2.05) is 6.20 Å². The maximum atomic E-state index is 4.58. The van der Waals surface area contributed by atoms with Crippen molar-refractivity contribution < 1.29 is 0 Å². The molecule has 21 heavy (non-hydrogen) atoms. The molecule has 2 nitrogen and oxygen atoms in total. The minimum Gasteiger partial charge on any atom is -0.309 e.